The fourth-order valence-electron chi connectivity index (χ4n) is 3.03. The van der Waals surface area contributed by atoms with E-state index in [1.165, 1.54) is 16.9 Å². The van der Waals surface area contributed by atoms with Crippen LogP contribution in [0.5, 0.6) is 0 Å². The molecule has 3 aromatic heterocycles. The van der Waals surface area contributed by atoms with Crippen molar-refractivity contribution in [2.45, 2.75) is 0 Å². The molecule has 0 atom stereocenters. The molecule has 6 nitrogen and oxygen atoms in total. The summed E-state index contributed by atoms with van der Waals surface area (Å²) >= 11 is 1.47. The second-order valence-electron chi connectivity index (χ2n) is 6.20. The zero-order valence-electron chi connectivity index (χ0n) is 14.5. The third-order valence-corrected chi connectivity index (χ3v) is 5.42. The van der Waals surface area contributed by atoms with Gasteiger partial charge in [-0.2, -0.15) is 0 Å². The standard InChI is InChI=1S/C21H14N4O2S/c26-21-25-24-20(27-21)18-10-16-17(11-22-12-19(16)28-18)23-15-8-6-14(7-9-15)13-4-2-1-3-5-13/h1-12,23H,(H,25,26). The number of fused-ring (bicyclic) bond motifs is 1. The van der Waals surface area contributed by atoms with Gasteiger partial charge in [-0.05, 0) is 29.3 Å². The highest BCUT2D eigenvalue weighted by atomic mass is 32.1. The number of benzene rings is 2. The molecule has 28 heavy (non-hydrogen) atoms. The quantitative estimate of drug-likeness (QED) is 0.451. The Morgan fingerprint density at radius 1 is 0.964 bits per heavy atom. The van der Waals surface area contributed by atoms with Crippen LogP contribution in [0.1, 0.15) is 0 Å². The second-order valence-corrected chi connectivity index (χ2v) is 7.28. The zero-order valence-corrected chi connectivity index (χ0v) is 15.4. The van der Waals surface area contributed by atoms with Crippen LogP contribution in [0, 0.1) is 0 Å². The predicted molar refractivity (Wildman–Crippen MR) is 111 cm³/mol. The molecule has 0 saturated carbocycles. The van der Waals surface area contributed by atoms with Crippen LogP contribution in [-0.2, 0) is 0 Å². The highest BCUT2D eigenvalue weighted by Crippen LogP contribution is 2.36. The van der Waals surface area contributed by atoms with Crippen LogP contribution in [0.15, 0.2) is 82.3 Å². The van der Waals surface area contributed by atoms with Crippen LogP contribution >= 0.6 is 11.3 Å². The van der Waals surface area contributed by atoms with Crippen molar-refractivity contribution in [2.75, 3.05) is 5.32 Å². The number of aromatic nitrogens is 3. The van der Waals surface area contributed by atoms with Crippen molar-refractivity contribution >= 4 is 32.8 Å². The van der Waals surface area contributed by atoms with E-state index in [0.29, 0.717) is 0 Å². The van der Waals surface area contributed by atoms with E-state index in [1.807, 2.05) is 36.4 Å². The number of nitrogens with one attached hydrogen (secondary N) is 2. The van der Waals surface area contributed by atoms with Gasteiger partial charge in [-0.1, -0.05) is 42.5 Å². The lowest BCUT2D eigenvalue weighted by atomic mass is 10.1. The average Bonchev–Trinajstić information content (AvgIpc) is 3.36. The molecule has 7 heteroatoms. The second kappa shape index (κ2) is 6.79. The van der Waals surface area contributed by atoms with Gasteiger partial charge in [-0.3, -0.25) is 4.98 Å². The maximum absolute atomic E-state index is 11.2. The van der Waals surface area contributed by atoms with Crippen LogP contribution in [0.2, 0.25) is 0 Å². The summed E-state index contributed by atoms with van der Waals surface area (Å²) in [6.45, 7) is 0. The first kappa shape index (κ1) is 16.5. The molecule has 0 spiro atoms. The van der Waals surface area contributed by atoms with E-state index in [1.54, 1.807) is 12.4 Å². The Labute approximate surface area is 163 Å². The summed E-state index contributed by atoms with van der Waals surface area (Å²) in [4.78, 5) is 16.3. The minimum Gasteiger partial charge on any atom is -0.387 e. The molecule has 2 aromatic carbocycles. The highest BCUT2D eigenvalue weighted by Gasteiger charge is 2.13. The summed E-state index contributed by atoms with van der Waals surface area (Å²) in [6.07, 6.45) is 3.57. The molecular weight excluding hydrogens is 372 g/mol. The van der Waals surface area contributed by atoms with E-state index in [-0.39, 0.29) is 5.89 Å². The zero-order chi connectivity index (χ0) is 18.9. The topological polar surface area (TPSA) is 83.8 Å². The van der Waals surface area contributed by atoms with Gasteiger partial charge in [0.05, 0.1) is 21.5 Å². The van der Waals surface area contributed by atoms with Crippen molar-refractivity contribution in [2.24, 2.45) is 0 Å². The molecule has 0 fully saturated rings. The molecule has 0 aliphatic rings. The Hall–Kier alpha value is -3.71. The first-order chi connectivity index (χ1) is 13.8. The number of pyridine rings is 1. The van der Waals surface area contributed by atoms with Gasteiger partial charge in [0.2, 0.25) is 0 Å². The summed E-state index contributed by atoms with van der Waals surface area (Å²) < 4.78 is 6.04. The molecule has 5 aromatic rings. The summed E-state index contributed by atoms with van der Waals surface area (Å²) in [7, 11) is 0. The molecule has 5 rings (SSSR count). The maximum Gasteiger partial charge on any atom is 0.434 e. The van der Waals surface area contributed by atoms with Crippen molar-refractivity contribution in [1.82, 2.24) is 15.2 Å². The first-order valence-corrected chi connectivity index (χ1v) is 9.44. The molecule has 0 radical (unpaired) electrons. The number of anilines is 2. The van der Waals surface area contributed by atoms with Crippen molar-refractivity contribution < 1.29 is 4.42 Å². The summed E-state index contributed by atoms with van der Waals surface area (Å²) in [5, 5.41) is 10.6. The van der Waals surface area contributed by atoms with E-state index in [2.05, 4.69) is 44.8 Å². The molecular formula is C21H14N4O2S. The van der Waals surface area contributed by atoms with Crippen LogP contribution < -0.4 is 11.1 Å². The van der Waals surface area contributed by atoms with E-state index < -0.39 is 5.76 Å². The highest BCUT2D eigenvalue weighted by molar-refractivity contribution is 7.22. The van der Waals surface area contributed by atoms with Crippen molar-refractivity contribution in [1.29, 1.82) is 0 Å². The lowest BCUT2D eigenvalue weighted by Gasteiger charge is -2.08. The minimum atomic E-state index is -0.567. The molecule has 0 aliphatic heterocycles. The Morgan fingerprint density at radius 2 is 1.75 bits per heavy atom. The largest absolute Gasteiger partial charge is 0.434 e. The average molecular weight is 386 g/mol. The summed E-state index contributed by atoms with van der Waals surface area (Å²) in [5.74, 6) is -0.285. The molecule has 3 heterocycles. The van der Waals surface area contributed by atoms with E-state index in [4.69, 9.17) is 4.42 Å². The van der Waals surface area contributed by atoms with Gasteiger partial charge in [0.15, 0.2) is 0 Å². The predicted octanol–water partition coefficient (Wildman–Crippen LogP) is 5.05. The normalized spacial score (nSPS) is 11.0. The first-order valence-electron chi connectivity index (χ1n) is 8.62. The summed E-state index contributed by atoms with van der Waals surface area (Å²) in [5.41, 5.74) is 4.19. The fraction of sp³-hybridized carbons (Fsp3) is 0. The van der Waals surface area contributed by atoms with Gasteiger partial charge in [-0.15, -0.1) is 16.4 Å². The van der Waals surface area contributed by atoms with Gasteiger partial charge in [0.1, 0.15) is 0 Å². The SMILES string of the molecule is O=c1[nH]nc(-c2cc3c(Nc4ccc(-c5ccccc5)cc4)cncc3s2)o1. The Balaban J connectivity index is 1.46. The molecule has 0 aliphatic carbocycles. The number of hydrogen-bond acceptors (Lipinski definition) is 6. The van der Waals surface area contributed by atoms with Gasteiger partial charge in [0.25, 0.3) is 5.89 Å². The summed E-state index contributed by atoms with van der Waals surface area (Å²) in [6, 6.07) is 20.5. The monoisotopic (exact) mass is 386 g/mol. The number of rotatable bonds is 4. The minimum absolute atomic E-state index is 0.282. The van der Waals surface area contributed by atoms with E-state index in [0.717, 1.165) is 31.9 Å². The van der Waals surface area contributed by atoms with Gasteiger partial charge in [0, 0.05) is 17.3 Å². The van der Waals surface area contributed by atoms with Gasteiger partial charge < -0.3 is 9.73 Å². The lowest BCUT2D eigenvalue weighted by molar-refractivity contribution is 0.528. The molecule has 0 unspecified atom stereocenters. The van der Waals surface area contributed by atoms with Gasteiger partial charge in [-0.25, -0.2) is 9.89 Å². The molecule has 0 amide bonds. The maximum atomic E-state index is 11.2. The molecule has 0 bridgehead atoms. The number of thiophene rings is 1. The third kappa shape index (κ3) is 3.08. The number of aromatic amines is 1. The molecule has 136 valence electrons. The van der Waals surface area contributed by atoms with Crippen molar-refractivity contribution in [3.05, 3.63) is 83.6 Å². The van der Waals surface area contributed by atoms with Crippen molar-refractivity contribution in [3.63, 3.8) is 0 Å². The third-order valence-electron chi connectivity index (χ3n) is 4.37. The number of nitrogens with zero attached hydrogens (tertiary/aromatic N) is 2. The molecule has 2 N–H and O–H groups in total. The van der Waals surface area contributed by atoms with Gasteiger partial charge >= 0.3 is 5.76 Å². The Kier molecular flexibility index (Phi) is 3.99. The number of H-pyrrole nitrogens is 1. The Morgan fingerprint density at radius 3 is 2.50 bits per heavy atom. The van der Waals surface area contributed by atoms with Crippen LogP contribution in [-0.4, -0.2) is 15.2 Å². The smallest absolute Gasteiger partial charge is 0.387 e. The Bertz CT molecular complexity index is 1300. The fourth-order valence-corrected chi connectivity index (χ4v) is 4.01. The van der Waals surface area contributed by atoms with E-state index >= 15 is 0 Å². The van der Waals surface area contributed by atoms with Crippen LogP contribution in [0.25, 0.3) is 32.0 Å². The lowest BCUT2D eigenvalue weighted by Crippen LogP contribution is -1.93. The van der Waals surface area contributed by atoms with Crippen molar-refractivity contribution in [3.8, 4) is 21.9 Å². The van der Waals surface area contributed by atoms with Crippen LogP contribution in [0.4, 0.5) is 11.4 Å². The van der Waals surface area contributed by atoms with Crippen LogP contribution in [0.3, 0.4) is 0 Å². The molecule has 0 saturated heterocycles. The number of hydrogen-bond donors (Lipinski definition) is 2. The van der Waals surface area contributed by atoms with E-state index in [9.17, 15) is 4.79 Å².